The molecule has 4 heteroatoms. The van der Waals surface area contributed by atoms with E-state index in [1.807, 2.05) is 60.7 Å². The Morgan fingerprint density at radius 1 is 1.12 bits per heavy atom. The highest BCUT2D eigenvalue weighted by atomic mass is 32.2. The highest BCUT2D eigenvalue weighted by Crippen LogP contribution is 2.18. The monoisotopic (exact) mass is 365 g/mol. The third-order valence-electron chi connectivity index (χ3n) is 3.48. The first-order valence-corrected chi connectivity index (χ1v) is 9.50. The summed E-state index contributed by atoms with van der Waals surface area (Å²) in [6, 6.07) is 17.9. The summed E-state index contributed by atoms with van der Waals surface area (Å²) < 4.78 is 5.67. The Morgan fingerprint density at radius 2 is 1.88 bits per heavy atom. The number of hydrogen-bond donors (Lipinski definition) is 1. The second-order valence-electron chi connectivity index (χ2n) is 5.43. The maximum atomic E-state index is 11.8. The molecule has 0 saturated heterocycles. The minimum atomic E-state index is 0.0139. The van der Waals surface area contributed by atoms with Crippen molar-refractivity contribution >= 4 is 17.7 Å². The van der Waals surface area contributed by atoms with E-state index in [-0.39, 0.29) is 5.91 Å². The third-order valence-corrected chi connectivity index (χ3v) is 4.49. The molecule has 0 radical (unpaired) electrons. The molecule has 0 bridgehead atoms. The van der Waals surface area contributed by atoms with E-state index >= 15 is 0 Å². The number of allylic oxidation sites excluding steroid dienone is 1. The second-order valence-corrected chi connectivity index (χ2v) is 6.60. The van der Waals surface area contributed by atoms with Crippen molar-refractivity contribution in [3.63, 3.8) is 0 Å². The molecular weight excluding hydrogens is 342 g/mol. The van der Waals surface area contributed by atoms with Gasteiger partial charge in [0.05, 0.1) is 6.54 Å². The summed E-state index contributed by atoms with van der Waals surface area (Å²) in [4.78, 5) is 12.9. The lowest BCUT2D eigenvalue weighted by Crippen LogP contribution is -2.23. The smallest absolute Gasteiger partial charge is 0.221 e. The first kappa shape index (κ1) is 19.7. The van der Waals surface area contributed by atoms with Gasteiger partial charge in [-0.3, -0.25) is 4.79 Å². The number of nitrogens with one attached hydrogen (secondary N) is 1. The van der Waals surface area contributed by atoms with Gasteiger partial charge in [0.15, 0.2) is 0 Å². The zero-order valence-corrected chi connectivity index (χ0v) is 15.6. The average Bonchev–Trinajstić information content (AvgIpc) is 2.67. The Labute approximate surface area is 159 Å². The van der Waals surface area contributed by atoms with Gasteiger partial charge in [-0.2, -0.15) is 0 Å². The first-order valence-electron chi connectivity index (χ1n) is 8.51. The van der Waals surface area contributed by atoms with Gasteiger partial charge in [0, 0.05) is 17.1 Å². The molecule has 1 N–H and O–H groups in total. The number of carbonyl (C=O) groups is 1. The molecule has 0 spiro atoms. The summed E-state index contributed by atoms with van der Waals surface area (Å²) in [7, 11) is 0. The molecule has 1 amide bonds. The zero-order valence-electron chi connectivity index (χ0n) is 14.7. The molecule has 0 unspecified atom stereocenters. The van der Waals surface area contributed by atoms with Crippen molar-refractivity contribution in [2.24, 2.45) is 0 Å². The molecule has 0 aliphatic carbocycles. The SMILES string of the molecule is C=CCc1ccccc1OCC#CCNC(=O)CCSc1ccccc1. The maximum Gasteiger partial charge on any atom is 0.221 e. The lowest BCUT2D eigenvalue weighted by Gasteiger charge is -2.07. The number of amides is 1. The Morgan fingerprint density at radius 3 is 2.69 bits per heavy atom. The van der Waals surface area contributed by atoms with Crippen LogP contribution >= 0.6 is 11.8 Å². The summed E-state index contributed by atoms with van der Waals surface area (Å²) in [6.45, 7) is 4.39. The Bertz CT molecular complexity index is 762. The summed E-state index contributed by atoms with van der Waals surface area (Å²) in [5.41, 5.74) is 1.09. The van der Waals surface area contributed by atoms with Gasteiger partial charge in [-0.25, -0.2) is 0 Å². The van der Waals surface area contributed by atoms with E-state index in [1.165, 1.54) is 4.90 Å². The summed E-state index contributed by atoms with van der Waals surface area (Å²) >= 11 is 1.68. The van der Waals surface area contributed by atoms with Gasteiger partial charge in [0.2, 0.25) is 5.91 Å². The predicted molar refractivity (Wildman–Crippen MR) is 108 cm³/mol. The van der Waals surface area contributed by atoms with Crippen LogP contribution in [0.25, 0.3) is 0 Å². The Kier molecular flexibility index (Phi) is 8.96. The predicted octanol–water partition coefficient (Wildman–Crippen LogP) is 4.10. The van der Waals surface area contributed by atoms with E-state index < -0.39 is 0 Å². The molecule has 0 atom stereocenters. The molecule has 0 saturated carbocycles. The number of benzene rings is 2. The van der Waals surface area contributed by atoms with Crippen LogP contribution in [0.3, 0.4) is 0 Å². The number of carbonyl (C=O) groups excluding carboxylic acids is 1. The van der Waals surface area contributed by atoms with Crippen molar-refractivity contribution in [1.29, 1.82) is 0 Å². The minimum Gasteiger partial charge on any atom is -0.481 e. The number of ether oxygens (including phenoxy) is 1. The largest absolute Gasteiger partial charge is 0.481 e. The minimum absolute atomic E-state index is 0.0139. The van der Waals surface area contributed by atoms with Gasteiger partial charge in [-0.1, -0.05) is 54.3 Å². The van der Waals surface area contributed by atoms with Crippen LogP contribution in [0.2, 0.25) is 0 Å². The maximum absolute atomic E-state index is 11.8. The highest BCUT2D eigenvalue weighted by Gasteiger charge is 2.01. The van der Waals surface area contributed by atoms with Crippen molar-refractivity contribution in [3.8, 4) is 17.6 Å². The van der Waals surface area contributed by atoms with Crippen molar-refractivity contribution in [1.82, 2.24) is 5.32 Å². The van der Waals surface area contributed by atoms with Gasteiger partial charge >= 0.3 is 0 Å². The van der Waals surface area contributed by atoms with Crippen LogP contribution in [0, 0.1) is 11.8 Å². The van der Waals surface area contributed by atoms with Crippen LogP contribution < -0.4 is 10.1 Å². The normalized spacial score (nSPS) is 9.69. The number of hydrogen-bond acceptors (Lipinski definition) is 3. The second kappa shape index (κ2) is 11.8. The van der Waals surface area contributed by atoms with E-state index in [0.717, 1.165) is 23.5 Å². The van der Waals surface area contributed by atoms with E-state index in [0.29, 0.717) is 19.6 Å². The lowest BCUT2D eigenvalue weighted by molar-refractivity contribution is -0.120. The van der Waals surface area contributed by atoms with Crippen LogP contribution in [0.15, 0.2) is 72.1 Å². The van der Waals surface area contributed by atoms with Crippen LogP contribution in [0.1, 0.15) is 12.0 Å². The number of rotatable bonds is 9. The molecule has 134 valence electrons. The fourth-order valence-electron chi connectivity index (χ4n) is 2.21. The van der Waals surface area contributed by atoms with Crippen LogP contribution in [-0.4, -0.2) is 24.8 Å². The fourth-order valence-corrected chi connectivity index (χ4v) is 3.08. The Hall–Kier alpha value is -2.64. The van der Waals surface area contributed by atoms with Gasteiger partial charge in [-0.05, 0) is 30.2 Å². The molecule has 0 aliphatic heterocycles. The molecule has 2 aromatic rings. The molecule has 2 aromatic carbocycles. The van der Waals surface area contributed by atoms with Crippen LogP contribution in [0.4, 0.5) is 0 Å². The van der Waals surface area contributed by atoms with Crippen molar-refractivity contribution in [2.45, 2.75) is 17.7 Å². The van der Waals surface area contributed by atoms with E-state index in [9.17, 15) is 4.79 Å². The fraction of sp³-hybridized carbons (Fsp3) is 0.227. The molecule has 3 nitrogen and oxygen atoms in total. The van der Waals surface area contributed by atoms with Gasteiger partial charge in [-0.15, -0.1) is 18.3 Å². The van der Waals surface area contributed by atoms with E-state index in [4.69, 9.17) is 4.74 Å². The zero-order chi connectivity index (χ0) is 18.5. The molecule has 0 heterocycles. The summed E-state index contributed by atoms with van der Waals surface area (Å²) in [5, 5.41) is 2.80. The third kappa shape index (κ3) is 7.50. The summed E-state index contributed by atoms with van der Waals surface area (Å²) in [5.74, 6) is 7.43. The van der Waals surface area contributed by atoms with Crippen LogP contribution in [0.5, 0.6) is 5.75 Å². The quantitative estimate of drug-likeness (QED) is 0.413. The van der Waals surface area contributed by atoms with E-state index in [1.54, 1.807) is 11.8 Å². The topological polar surface area (TPSA) is 38.3 Å². The standard InChI is InChI=1S/C22H23NO2S/c1-2-10-19-11-6-7-14-21(19)25-17-9-8-16-23-22(24)15-18-26-20-12-4-3-5-13-20/h2-7,11-14H,1,10,15-18H2,(H,23,24). The lowest BCUT2D eigenvalue weighted by atomic mass is 10.1. The molecule has 2 rings (SSSR count). The Balaban J connectivity index is 1.61. The molecule has 0 aliphatic rings. The molecular formula is C22H23NO2S. The molecule has 26 heavy (non-hydrogen) atoms. The molecule has 0 fully saturated rings. The van der Waals surface area contributed by atoms with Crippen molar-refractivity contribution < 1.29 is 9.53 Å². The van der Waals surface area contributed by atoms with Gasteiger partial charge < -0.3 is 10.1 Å². The summed E-state index contributed by atoms with van der Waals surface area (Å²) in [6.07, 6.45) is 3.09. The highest BCUT2D eigenvalue weighted by molar-refractivity contribution is 7.99. The number of thioether (sulfide) groups is 1. The van der Waals surface area contributed by atoms with Gasteiger partial charge in [0.1, 0.15) is 12.4 Å². The number of para-hydroxylation sites is 1. The van der Waals surface area contributed by atoms with Gasteiger partial charge in [0.25, 0.3) is 0 Å². The molecule has 0 aromatic heterocycles. The first-order chi connectivity index (χ1) is 12.8. The van der Waals surface area contributed by atoms with Crippen LogP contribution in [-0.2, 0) is 11.2 Å². The van der Waals surface area contributed by atoms with Crippen molar-refractivity contribution in [2.75, 3.05) is 18.9 Å². The van der Waals surface area contributed by atoms with E-state index in [2.05, 4.69) is 23.7 Å². The average molecular weight is 365 g/mol. The van der Waals surface area contributed by atoms with Crippen molar-refractivity contribution in [3.05, 3.63) is 72.8 Å².